The first-order valence-corrected chi connectivity index (χ1v) is 10.5. The Morgan fingerprint density at radius 1 is 1.00 bits per heavy atom. The lowest BCUT2D eigenvalue weighted by atomic mass is 9.91. The summed E-state index contributed by atoms with van der Waals surface area (Å²) < 4.78 is 45.5. The number of carbonyl (C=O) groups excluding carboxylic acids is 1. The van der Waals surface area contributed by atoms with Crippen LogP contribution < -0.4 is 10.6 Å². The molecule has 2 aromatic heterocycles. The standard InChI is InChI=1S/C24H21F3N6O/c1-24(17-8-13(25)4-7-18(17)26)11-33(23(34)32(24)3)14-5-6-15(19(27)9-14)16-10-31(2)22-20(16)21(28)29-12-30-22/h4-10,12H,11H2,1-3H3,(H2,28,29,30). The van der Waals surface area contributed by atoms with Crippen LogP contribution >= 0.6 is 0 Å². The number of anilines is 2. The van der Waals surface area contributed by atoms with Gasteiger partial charge in [-0.05, 0) is 43.3 Å². The molecule has 10 heteroatoms. The van der Waals surface area contributed by atoms with E-state index in [1.54, 1.807) is 36.9 Å². The second-order valence-corrected chi connectivity index (χ2v) is 8.60. The number of likely N-dealkylation sites (N-methyl/N-ethyl adjacent to an activating group) is 1. The summed E-state index contributed by atoms with van der Waals surface area (Å²) in [5, 5.41) is 0.530. The number of benzene rings is 2. The highest BCUT2D eigenvalue weighted by Gasteiger charge is 2.47. The number of halogens is 3. The van der Waals surface area contributed by atoms with Crippen LogP contribution in [0.15, 0.2) is 48.9 Å². The number of nitrogens with zero attached hydrogens (tertiary/aromatic N) is 5. The van der Waals surface area contributed by atoms with E-state index in [2.05, 4.69) is 9.97 Å². The van der Waals surface area contributed by atoms with Gasteiger partial charge in [0.25, 0.3) is 0 Å². The number of rotatable bonds is 3. The Balaban J connectivity index is 1.55. The number of aromatic nitrogens is 3. The van der Waals surface area contributed by atoms with Crippen LogP contribution in [0.1, 0.15) is 12.5 Å². The van der Waals surface area contributed by atoms with Crippen molar-refractivity contribution in [2.75, 3.05) is 24.2 Å². The van der Waals surface area contributed by atoms with Crippen LogP contribution in [0.2, 0.25) is 0 Å². The molecule has 3 heterocycles. The number of hydrogen-bond donors (Lipinski definition) is 1. The van der Waals surface area contributed by atoms with Gasteiger partial charge < -0.3 is 15.2 Å². The topological polar surface area (TPSA) is 80.3 Å². The van der Waals surface area contributed by atoms with E-state index in [4.69, 9.17) is 5.73 Å². The van der Waals surface area contributed by atoms with Crippen LogP contribution in [-0.2, 0) is 12.6 Å². The summed E-state index contributed by atoms with van der Waals surface area (Å²) in [6.07, 6.45) is 3.06. The molecule has 2 amide bonds. The molecule has 2 N–H and O–H groups in total. The minimum Gasteiger partial charge on any atom is -0.383 e. The predicted molar refractivity (Wildman–Crippen MR) is 123 cm³/mol. The zero-order valence-electron chi connectivity index (χ0n) is 18.7. The summed E-state index contributed by atoms with van der Waals surface area (Å²) in [4.78, 5) is 24.0. The Labute approximate surface area is 193 Å². The fourth-order valence-electron chi connectivity index (χ4n) is 4.58. The van der Waals surface area contributed by atoms with Gasteiger partial charge in [0.1, 0.15) is 35.2 Å². The van der Waals surface area contributed by atoms with Gasteiger partial charge in [0, 0.05) is 42.7 Å². The minimum atomic E-state index is -1.15. The van der Waals surface area contributed by atoms with Crippen LogP contribution in [0.3, 0.4) is 0 Å². The van der Waals surface area contributed by atoms with Crippen LogP contribution in [-0.4, -0.2) is 39.1 Å². The number of amides is 2. The summed E-state index contributed by atoms with van der Waals surface area (Å²) in [7, 11) is 3.28. The lowest BCUT2D eigenvalue weighted by Gasteiger charge is -2.31. The molecule has 1 aliphatic rings. The van der Waals surface area contributed by atoms with Crippen molar-refractivity contribution in [1.82, 2.24) is 19.4 Å². The third-order valence-corrected chi connectivity index (χ3v) is 6.57. The van der Waals surface area contributed by atoms with Gasteiger partial charge >= 0.3 is 6.03 Å². The average molecular weight is 466 g/mol. The Kier molecular flexibility index (Phi) is 4.78. The number of aryl methyl sites for hydroxylation is 1. The molecule has 0 radical (unpaired) electrons. The van der Waals surface area contributed by atoms with E-state index < -0.39 is 29.0 Å². The van der Waals surface area contributed by atoms with Crippen LogP contribution in [0, 0.1) is 17.5 Å². The van der Waals surface area contributed by atoms with E-state index in [0.29, 0.717) is 22.3 Å². The van der Waals surface area contributed by atoms with Gasteiger partial charge in [-0.25, -0.2) is 27.9 Å². The predicted octanol–water partition coefficient (Wildman–Crippen LogP) is 4.42. The highest BCUT2D eigenvalue weighted by molar-refractivity contribution is 6.01. The molecular weight excluding hydrogens is 445 g/mol. The van der Waals surface area contributed by atoms with Gasteiger partial charge in [0.2, 0.25) is 0 Å². The number of urea groups is 1. The summed E-state index contributed by atoms with van der Waals surface area (Å²) in [6, 6.07) is 7.09. The molecule has 5 rings (SSSR count). The van der Waals surface area contributed by atoms with Crippen molar-refractivity contribution in [3.63, 3.8) is 0 Å². The Morgan fingerprint density at radius 2 is 1.76 bits per heavy atom. The Morgan fingerprint density at radius 3 is 2.50 bits per heavy atom. The van der Waals surface area contributed by atoms with Crippen molar-refractivity contribution >= 4 is 28.6 Å². The van der Waals surface area contributed by atoms with Gasteiger partial charge in [-0.15, -0.1) is 0 Å². The highest BCUT2D eigenvalue weighted by atomic mass is 19.1. The van der Waals surface area contributed by atoms with E-state index in [0.717, 1.165) is 18.2 Å². The quantitative estimate of drug-likeness (QED) is 0.485. The third-order valence-electron chi connectivity index (χ3n) is 6.57. The molecule has 1 atom stereocenters. The smallest absolute Gasteiger partial charge is 0.325 e. The molecule has 0 bridgehead atoms. The molecule has 0 saturated carbocycles. The fourth-order valence-corrected chi connectivity index (χ4v) is 4.58. The summed E-state index contributed by atoms with van der Waals surface area (Å²) >= 11 is 0. The van der Waals surface area contributed by atoms with Crippen molar-refractivity contribution in [1.29, 1.82) is 0 Å². The maximum absolute atomic E-state index is 15.4. The second-order valence-electron chi connectivity index (χ2n) is 8.60. The molecule has 0 spiro atoms. The van der Waals surface area contributed by atoms with Gasteiger partial charge in [0.15, 0.2) is 0 Å². The first kappa shape index (κ1) is 21.7. The maximum atomic E-state index is 15.4. The SMILES string of the molecule is CN1C(=O)N(c2ccc(-c3cn(C)c4ncnc(N)c34)c(F)c2)CC1(C)c1cc(F)ccc1F. The van der Waals surface area contributed by atoms with E-state index in [-0.39, 0.29) is 23.5 Å². The second kappa shape index (κ2) is 7.47. The molecule has 2 aromatic carbocycles. The lowest BCUT2D eigenvalue weighted by molar-refractivity contribution is 0.187. The number of nitrogens with two attached hydrogens (primary N) is 1. The normalized spacial score (nSPS) is 18.4. The summed E-state index contributed by atoms with van der Waals surface area (Å²) in [5.74, 6) is -1.57. The monoisotopic (exact) mass is 466 g/mol. The van der Waals surface area contributed by atoms with Crippen molar-refractivity contribution < 1.29 is 18.0 Å². The zero-order chi connectivity index (χ0) is 24.4. The minimum absolute atomic E-state index is 0.0105. The van der Waals surface area contributed by atoms with Crippen LogP contribution in [0.5, 0.6) is 0 Å². The maximum Gasteiger partial charge on any atom is 0.325 e. The molecular formula is C24H21F3N6O. The van der Waals surface area contributed by atoms with E-state index >= 15 is 4.39 Å². The van der Waals surface area contributed by atoms with Crippen molar-refractivity contribution in [3.05, 3.63) is 71.9 Å². The van der Waals surface area contributed by atoms with Gasteiger partial charge in [-0.2, -0.15) is 0 Å². The van der Waals surface area contributed by atoms with Crippen LogP contribution in [0.25, 0.3) is 22.2 Å². The van der Waals surface area contributed by atoms with Crippen molar-refractivity contribution in [2.24, 2.45) is 7.05 Å². The summed E-state index contributed by atoms with van der Waals surface area (Å²) in [6.45, 7) is 1.66. The van der Waals surface area contributed by atoms with E-state index in [9.17, 15) is 13.6 Å². The molecule has 7 nitrogen and oxygen atoms in total. The molecule has 1 unspecified atom stereocenters. The number of nitrogen functional groups attached to an aromatic ring is 1. The number of fused-ring (bicyclic) bond motifs is 1. The molecule has 4 aromatic rings. The average Bonchev–Trinajstić information content (AvgIpc) is 3.26. The van der Waals surface area contributed by atoms with Crippen molar-refractivity contribution in [2.45, 2.75) is 12.5 Å². The molecule has 1 fully saturated rings. The highest BCUT2D eigenvalue weighted by Crippen LogP contribution is 2.40. The van der Waals surface area contributed by atoms with Gasteiger partial charge in [-0.1, -0.05) is 0 Å². The number of carbonyl (C=O) groups is 1. The molecule has 174 valence electrons. The van der Waals surface area contributed by atoms with Crippen LogP contribution in [0.4, 0.5) is 29.5 Å². The van der Waals surface area contributed by atoms with Gasteiger partial charge in [0.05, 0.1) is 17.5 Å². The Hall–Kier alpha value is -4.08. The first-order valence-electron chi connectivity index (χ1n) is 10.5. The zero-order valence-corrected chi connectivity index (χ0v) is 18.7. The summed E-state index contributed by atoms with van der Waals surface area (Å²) in [5.41, 5.74) is 6.58. The molecule has 34 heavy (non-hydrogen) atoms. The first-order chi connectivity index (χ1) is 16.1. The van der Waals surface area contributed by atoms with Crippen molar-refractivity contribution in [3.8, 4) is 11.1 Å². The Bertz CT molecular complexity index is 1470. The molecule has 1 aliphatic heterocycles. The third kappa shape index (κ3) is 3.09. The number of hydrogen-bond acceptors (Lipinski definition) is 4. The van der Waals surface area contributed by atoms with Gasteiger partial charge in [-0.3, -0.25) is 4.90 Å². The van der Waals surface area contributed by atoms with E-state index in [1.807, 2.05) is 0 Å². The van der Waals surface area contributed by atoms with E-state index in [1.165, 1.54) is 29.2 Å². The molecule has 1 saturated heterocycles. The molecule has 0 aliphatic carbocycles. The fraction of sp³-hybridized carbons (Fsp3) is 0.208. The lowest BCUT2D eigenvalue weighted by Crippen LogP contribution is -2.40. The largest absolute Gasteiger partial charge is 0.383 e.